The molecule has 1 spiro atoms. The number of carbonyl (C=O) groups is 1. The van der Waals surface area contributed by atoms with Gasteiger partial charge in [0.15, 0.2) is 17.3 Å². The number of hydrogen-bond acceptors (Lipinski definition) is 7. The molecule has 2 aromatic rings. The van der Waals surface area contributed by atoms with Gasteiger partial charge in [-0.3, -0.25) is 9.69 Å². The number of nitrogens with zero attached hydrogens (tertiary/aromatic N) is 3. The van der Waals surface area contributed by atoms with Crippen molar-refractivity contribution in [2.45, 2.75) is 57.2 Å². The van der Waals surface area contributed by atoms with Crippen molar-refractivity contribution in [3.8, 4) is 11.5 Å². The van der Waals surface area contributed by atoms with Crippen molar-refractivity contribution < 1.29 is 18.8 Å². The molecule has 1 atom stereocenters. The highest BCUT2D eigenvalue weighted by Crippen LogP contribution is 2.47. The molecule has 1 saturated carbocycles. The summed E-state index contributed by atoms with van der Waals surface area (Å²) in [7, 11) is 0. The largest absolute Gasteiger partial charge is 0.448 e. The van der Waals surface area contributed by atoms with Crippen molar-refractivity contribution in [1.82, 2.24) is 15.0 Å². The van der Waals surface area contributed by atoms with Crippen LogP contribution in [0.15, 0.2) is 22.7 Å². The van der Waals surface area contributed by atoms with Crippen LogP contribution in [-0.4, -0.2) is 46.4 Å². The molecule has 154 valence electrons. The summed E-state index contributed by atoms with van der Waals surface area (Å²) in [5.41, 5.74) is 0.730. The van der Waals surface area contributed by atoms with Crippen LogP contribution >= 0.6 is 0 Å². The van der Waals surface area contributed by atoms with Gasteiger partial charge < -0.3 is 19.3 Å². The molecule has 5 rings (SSSR count). The first-order valence-electron chi connectivity index (χ1n) is 10.4. The molecule has 29 heavy (non-hydrogen) atoms. The molecule has 1 aromatic carbocycles. The highest BCUT2D eigenvalue weighted by atomic mass is 16.7. The molecule has 3 aliphatic rings. The lowest BCUT2D eigenvalue weighted by Gasteiger charge is -2.30. The van der Waals surface area contributed by atoms with Crippen LogP contribution in [-0.2, 0) is 4.79 Å². The molecule has 1 unspecified atom stereocenters. The highest BCUT2D eigenvalue weighted by Gasteiger charge is 2.44. The van der Waals surface area contributed by atoms with Crippen LogP contribution in [0.3, 0.4) is 0 Å². The van der Waals surface area contributed by atoms with Crippen LogP contribution in [0.25, 0.3) is 0 Å². The first-order chi connectivity index (χ1) is 14.1. The predicted molar refractivity (Wildman–Crippen MR) is 105 cm³/mol. The standard InChI is InChI=1S/C21H26N4O4/c1-14-22-20(29-24-14)15-5-4-10-25(12-15)13-19(26)23-16-6-7-17-18(11-16)28-21(27-17)8-2-3-9-21/h6-7,11,15H,2-5,8-10,12-13H2,1H3,(H,23,26). The minimum absolute atomic E-state index is 0.0400. The lowest BCUT2D eigenvalue weighted by atomic mass is 9.98. The number of anilines is 1. The lowest BCUT2D eigenvalue weighted by molar-refractivity contribution is -0.117. The van der Waals surface area contributed by atoms with Crippen LogP contribution in [0.1, 0.15) is 56.2 Å². The van der Waals surface area contributed by atoms with Gasteiger partial charge in [-0.1, -0.05) is 5.16 Å². The van der Waals surface area contributed by atoms with Gasteiger partial charge in [-0.25, -0.2) is 0 Å². The number of piperidine rings is 1. The number of rotatable bonds is 4. The second-order valence-electron chi connectivity index (χ2n) is 8.29. The number of hydrogen-bond donors (Lipinski definition) is 1. The number of carbonyl (C=O) groups excluding carboxylic acids is 1. The Hall–Kier alpha value is -2.61. The van der Waals surface area contributed by atoms with E-state index in [1.165, 1.54) is 0 Å². The van der Waals surface area contributed by atoms with Crippen molar-refractivity contribution in [3.63, 3.8) is 0 Å². The molecule has 1 aliphatic carbocycles. The fourth-order valence-electron chi connectivity index (χ4n) is 4.57. The molecule has 1 amide bonds. The van der Waals surface area contributed by atoms with Crippen molar-refractivity contribution in [1.29, 1.82) is 0 Å². The first-order valence-corrected chi connectivity index (χ1v) is 10.4. The minimum Gasteiger partial charge on any atom is -0.448 e. The first kappa shape index (κ1) is 18.4. The maximum atomic E-state index is 12.6. The van der Waals surface area contributed by atoms with Gasteiger partial charge >= 0.3 is 0 Å². The normalized spacial score (nSPS) is 22.9. The Kier molecular flexibility index (Phi) is 4.66. The molecule has 1 aromatic heterocycles. The van der Waals surface area contributed by atoms with Gasteiger partial charge in [-0.05, 0) is 51.3 Å². The third kappa shape index (κ3) is 3.81. The Balaban J connectivity index is 1.18. The number of benzene rings is 1. The van der Waals surface area contributed by atoms with E-state index in [1.54, 1.807) is 0 Å². The van der Waals surface area contributed by atoms with Crippen LogP contribution in [0.2, 0.25) is 0 Å². The fraction of sp³-hybridized carbons (Fsp3) is 0.571. The summed E-state index contributed by atoms with van der Waals surface area (Å²) in [6, 6.07) is 5.61. The Morgan fingerprint density at radius 2 is 2.07 bits per heavy atom. The molecule has 2 fully saturated rings. The molecular weight excluding hydrogens is 372 g/mol. The van der Waals surface area contributed by atoms with Gasteiger partial charge in [0, 0.05) is 31.1 Å². The summed E-state index contributed by atoms with van der Waals surface area (Å²) in [6.07, 6.45) is 6.09. The predicted octanol–water partition coefficient (Wildman–Crippen LogP) is 3.24. The van der Waals surface area contributed by atoms with E-state index in [0.717, 1.165) is 68.8 Å². The maximum Gasteiger partial charge on any atom is 0.251 e. The van der Waals surface area contributed by atoms with E-state index in [-0.39, 0.29) is 11.8 Å². The Morgan fingerprint density at radius 3 is 2.86 bits per heavy atom. The van der Waals surface area contributed by atoms with E-state index in [2.05, 4.69) is 20.4 Å². The number of amides is 1. The number of likely N-dealkylation sites (tertiary alicyclic amines) is 1. The van der Waals surface area contributed by atoms with Gasteiger partial charge in [-0.2, -0.15) is 4.98 Å². The molecule has 1 N–H and O–H groups in total. The summed E-state index contributed by atoms with van der Waals surface area (Å²) in [5.74, 6) is 2.46. The summed E-state index contributed by atoms with van der Waals surface area (Å²) in [4.78, 5) is 19.1. The lowest BCUT2D eigenvalue weighted by Crippen LogP contribution is -2.39. The van der Waals surface area contributed by atoms with E-state index in [9.17, 15) is 4.79 Å². The minimum atomic E-state index is -0.485. The van der Waals surface area contributed by atoms with Crippen molar-refractivity contribution >= 4 is 11.6 Å². The average Bonchev–Trinajstić information content (AvgIpc) is 3.42. The third-order valence-corrected chi connectivity index (χ3v) is 5.95. The van der Waals surface area contributed by atoms with Crippen molar-refractivity contribution in [2.24, 2.45) is 0 Å². The molecular formula is C21H26N4O4. The van der Waals surface area contributed by atoms with Gasteiger partial charge in [0.05, 0.1) is 12.5 Å². The second kappa shape index (κ2) is 7.33. The van der Waals surface area contributed by atoms with E-state index >= 15 is 0 Å². The fourth-order valence-corrected chi connectivity index (χ4v) is 4.57. The van der Waals surface area contributed by atoms with Crippen LogP contribution in [0, 0.1) is 6.92 Å². The van der Waals surface area contributed by atoms with Gasteiger partial charge in [-0.15, -0.1) is 0 Å². The SMILES string of the molecule is Cc1noc(C2CCCN(CC(=O)Nc3ccc4c(c3)OC3(CCCC3)O4)C2)n1. The molecule has 0 bridgehead atoms. The van der Waals surface area contributed by atoms with Crippen LogP contribution in [0.5, 0.6) is 11.5 Å². The highest BCUT2D eigenvalue weighted by molar-refractivity contribution is 5.92. The van der Waals surface area contributed by atoms with Gasteiger partial charge in [0.1, 0.15) is 0 Å². The number of aromatic nitrogens is 2. The monoisotopic (exact) mass is 398 g/mol. The summed E-state index contributed by atoms with van der Waals surface area (Å²) in [6.45, 7) is 3.79. The Morgan fingerprint density at radius 1 is 1.24 bits per heavy atom. The molecule has 1 saturated heterocycles. The summed E-state index contributed by atoms with van der Waals surface area (Å²) < 4.78 is 17.4. The Labute approximate surface area is 169 Å². The van der Waals surface area contributed by atoms with Gasteiger partial charge in [0.25, 0.3) is 5.79 Å². The number of nitrogens with one attached hydrogen (secondary N) is 1. The van der Waals surface area contributed by atoms with Crippen LogP contribution in [0.4, 0.5) is 5.69 Å². The van der Waals surface area contributed by atoms with Crippen molar-refractivity contribution in [2.75, 3.05) is 25.0 Å². The van der Waals surface area contributed by atoms with E-state index in [1.807, 2.05) is 25.1 Å². The molecule has 2 aliphatic heterocycles. The summed E-state index contributed by atoms with van der Waals surface area (Å²) >= 11 is 0. The molecule has 3 heterocycles. The van der Waals surface area contributed by atoms with E-state index in [4.69, 9.17) is 14.0 Å². The number of aryl methyl sites for hydroxylation is 1. The van der Waals surface area contributed by atoms with Gasteiger partial charge in [0.2, 0.25) is 11.8 Å². The third-order valence-electron chi connectivity index (χ3n) is 5.95. The molecule has 0 radical (unpaired) electrons. The average molecular weight is 398 g/mol. The molecule has 8 heteroatoms. The van der Waals surface area contributed by atoms with Crippen LogP contribution < -0.4 is 14.8 Å². The molecule has 8 nitrogen and oxygen atoms in total. The zero-order chi connectivity index (χ0) is 19.8. The smallest absolute Gasteiger partial charge is 0.251 e. The topological polar surface area (TPSA) is 89.7 Å². The number of ether oxygens (including phenoxy) is 2. The Bertz CT molecular complexity index is 906. The quantitative estimate of drug-likeness (QED) is 0.845. The zero-order valence-corrected chi connectivity index (χ0v) is 16.6. The maximum absolute atomic E-state index is 12.6. The van der Waals surface area contributed by atoms with Crippen molar-refractivity contribution in [3.05, 3.63) is 29.9 Å². The zero-order valence-electron chi connectivity index (χ0n) is 16.6. The number of fused-ring (bicyclic) bond motifs is 1. The second-order valence-corrected chi connectivity index (χ2v) is 8.29. The summed E-state index contributed by atoms with van der Waals surface area (Å²) in [5, 5.41) is 6.87. The van der Waals surface area contributed by atoms with E-state index in [0.29, 0.717) is 18.3 Å². The van der Waals surface area contributed by atoms with E-state index < -0.39 is 5.79 Å².